The number of nitrogens with one attached hydrogen (secondary N) is 1. The third-order valence-corrected chi connectivity index (χ3v) is 2.03. The topological polar surface area (TPSA) is 49.3 Å². The summed E-state index contributed by atoms with van der Waals surface area (Å²) in [5.74, 6) is -2.06. The van der Waals surface area contributed by atoms with Crippen LogP contribution < -0.4 is 5.32 Å². The van der Waals surface area contributed by atoms with Crippen molar-refractivity contribution in [1.82, 2.24) is 5.32 Å². The smallest absolute Gasteiger partial charge is 0.383 e. The highest BCUT2D eigenvalue weighted by molar-refractivity contribution is 5.88. The average molecular weight is 197 g/mol. The zero-order valence-electron chi connectivity index (χ0n) is 6.77. The van der Waals surface area contributed by atoms with Gasteiger partial charge in [-0.2, -0.15) is 13.2 Å². The average Bonchev–Trinajstić information content (AvgIpc) is 2.51. The van der Waals surface area contributed by atoms with Crippen LogP contribution in [0.4, 0.5) is 13.2 Å². The first kappa shape index (κ1) is 10.5. The number of carbonyl (C=O) groups is 1. The predicted molar refractivity (Wildman–Crippen MR) is 38.1 cm³/mol. The fourth-order valence-electron chi connectivity index (χ4n) is 1.33. The molecule has 2 N–H and O–H groups in total. The molecule has 1 rings (SSSR count). The molecule has 76 valence electrons. The minimum Gasteiger partial charge on any atom is -0.383 e. The van der Waals surface area contributed by atoms with E-state index in [1.165, 1.54) is 0 Å². The summed E-state index contributed by atoms with van der Waals surface area (Å²) in [6.45, 7) is 0.548. The third kappa shape index (κ3) is 2.41. The van der Waals surface area contributed by atoms with Crippen molar-refractivity contribution in [3.05, 3.63) is 0 Å². The van der Waals surface area contributed by atoms with Crippen LogP contribution in [0, 0.1) is 0 Å². The molecule has 13 heavy (non-hydrogen) atoms. The van der Waals surface area contributed by atoms with Gasteiger partial charge in [0.05, 0.1) is 0 Å². The number of carbonyl (C=O) groups excluding carboxylic acids is 1. The van der Waals surface area contributed by atoms with Gasteiger partial charge in [0.25, 0.3) is 5.78 Å². The van der Waals surface area contributed by atoms with Gasteiger partial charge in [-0.25, -0.2) is 0 Å². The number of aliphatic hydroxyl groups is 1. The van der Waals surface area contributed by atoms with E-state index in [4.69, 9.17) is 5.11 Å². The van der Waals surface area contributed by atoms with E-state index in [1.807, 2.05) is 0 Å². The van der Waals surface area contributed by atoms with Crippen molar-refractivity contribution in [3.8, 4) is 0 Å². The number of ketones is 1. The normalized spacial score (nSPS) is 26.0. The van der Waals surface area contributed by atoms with Gasteiger partial charge in [-0.1, -0.05) is 0 Å². The summed E-state index contributed by atoms with van der Waals surface area (Å²) in [6.07, 6.45) is -5.80. The molecule has 3 nitrogen and oxygen atoms in total. The third-order valence-electron chi connectivity index (χ3n) is 2.03. The molecule has 1 unspecified atom stereocenters. The van der Waals surface area contributed by atoms with Crippen LogP contribution in [-0.4, -0.2) is 35.8 Å². The summed E-state index contributed by atoms with van der Waals surface area (Å²) < 4.78 is 35.4. The van der Waals surface area contributed by atoms with Crippen molar-refractivity contribution in [3.63, 3.8) is 0 Å². The summed E-state index contributed by atoms with van der Waals surface area (Å²) in [5, 5.41) is 11.7. The number of hydrogen-bond acceptors (Lipinski definition) is 3. The number of aliphatic hydroxyl groups excluding tert-OH is 1. The minimum atomic E-state index is -4.94. The molecule has 1 fully saturated rings. The highest BCUT2D eigenvalue weighted by Crippen LogP contribution is 2.21. The van der Waals surface area contributed by atoms with Gasteiger partial charge in [0, 0.05) is 6.04 Å². The molecule has 0 spiro atoms. The lowest BCUT2D eigenvalue weighted by Gasteiger charge is -2.17. The lowest BCUT2D eigenvalue weighted by molar-refractivity contribution is -0.180. The Hall–Kier alpha value is -0.620. The maximum Gasteiger partial charge on any atom is 0.452 e. The molecule has 1 heterocycles. The molecule has 1 saturated heterocycles. The van der Waals surface area contributed by atoms with Crippen molar-refractivity contribution in [2.24, 2.45) is 0 Å². The standard InChI is InChI=1S/C7H10F3NO2/c8-7(9,10)6(13)5(12)4-2-1-3-11-4/h4-5,11-12H,1-3H2/t4-,5?/m0/s1. The zero-order valence-corrected chi connectivity index (χ0v) is 6.77. The van der Waals surface area contributed by atoms with Gasteiger partial charge in [0.15, 0.2) is 0 Å². The van der Waals surface area contributed by atoms with Crippen molar-refractivity contribution in [2.45, 2.75) is 31.2 Å². The van der Waals surface area contributed by atoms with E-state index in [0.29, 0.717) is 19.4 Å². The number of halogens is 3. The molecule has 6 heteroatoms. The van der Waals surface area contributed by atoms with Crippen molar-refractivity contribution in [1.29, 1.82) is 0 Å². The first-order valence-corrected chi connectivity index (χ1v) is 3.95. The highest BCUT2D eigenvalue weighted by atomic mass is 19.4. The number of Topliss-reactive ketones (excluding diaryl/α,β-unsaturated/α-hetero) is 1. The van der Waals surface area contributed by atoms with Gasteiger partial charge in [0.1, 0.15) is 6.10 Å². The van der Waals surface area contributed by atoms with E-state index in [1.54, 1.807) is 0 Å². The maximum atomic E-state index is 11.8. The summed E-state index contributed by atoms with van der Waals surface area (Å²) in [4.78, 5) is 10.5. The van der Waals surface area contributed by atoms with Gasteiger partial charge in [0.2, 0.25) is 0 Å². The molecular weight excluding hydrogens is 187 g/mol. The molecule has 1 aliphatic rings. The molecule has 1 aliphatic heterocycles. The SMILES string of the molecule is O=C(C(O)[C@@H]1CCCN1)C(F)(F)F. The predicted octanol–water partition coefficient (Wildman–Crippen LogP) is 0.231. The van der Waals surface area contributed by atoms with E-state index in [0.717, 1.165) is 0 Å². The monoisotopic (exact) mass is 197 g/mol. The molecule has 0 aliphatic carbocycles. The molecule has 0 aromatic rings. The fourth-order valence-corrected chi connectivity index (χ4v) is 1.33. The maximum absolute atomic E-state index is 11.8. The van der Waals surface area contributed by atoms with Crippen LogP contribution in [0.1, 0.15) is 12.8 Å². The Kier molecular flexibility index (Phi) is 2.92. The van der Waals surface area contributed by atoms with E-state index in [-0.39, 0.29) is 0 Å². The van der Waals surface area contributed by atoms with Gasteiger partial charge in [-0.05, 0) is 19.4 Å². The fraction of sp³-hybridized carbons (Fsp3) is 0.857. The van der Waals surface area contributed by atoms with Gasteiger partial charge in [-0.3, -0.25) is 4.79 Å². The van der Waals surface area contributed by atoms with Gasteiger partial charge < -0.3 is 10.4 Å². The second-order valence-corrected chi connectivity index (χ2v) is 3.01. The van der Waals surface area contributed by atoms with Crippen molar-refractivity contribution in [2.75, 3.05) is 6.54 Å². The largest absolute Gasteiger partial charge is 0.452 e. The van der Waals surface area contributed by atoms with Crippen LogP contribution >= 0.6 is 0 Å². The van der Waals surface area contributed by atoms with Crippen LogP contribution in [0.5, 0.6) is 0 Å². The molecule has 0 bridgehead atoms. The van der Waals surface area contributed by atoms with Crippen LogP contribution in [0.3, 0.4) is 0 Å². The van der Waals surface area contributed by atoms with E-state index < -0.39 is 24.1 Å². The molecule has 0 amide bonds. The number of rotatable bonds is 2. The quantitative estimate of drug-likeness (QED) is 0.666. The Morgan fingerprint density at radius 3 is 2.54 bits per heavy atom. The first-order chi connectivity index (χ1) is 5.93. The summed E-state index contributed by atoms with van der Waals surface area (Å²) >= 11 is 0. The summed E-state index contributed by atoms with van der Waals surface area (Å²) in [5.41, 5.74) is 0. The number of alkyl halides is 3. The zero-order chi connectivity index (χ0) is 10.1. The summed E-state index contributed by atoms with van der Waals surface area (Å²) in [6, 6.07) is -0.742. The van der Waals surface area contributed by atoms with Crippen LogP contribution in [0.2, 0.25) is 0 Å². The second kappa shape index (κ2) is 3.63. The second-order valence-electron chi connectivity index (χ2n) is 3.01. The van der Waals surface area contributed by atoms with Crippen LogP contribution in [-0.2, 0) is 4.79 Å². The summed E-state index contributed by atoms with van der Waals surface area (Å²) in [7, 11) is 0. The molecule has 0 aromatic carbocycles. The van der Waals surface area contributed by atoms with Crippen molar-refractivity contribution < 1.29 is 23.1 Å². The molecule has 0 aromatic heterocycles. The number of hydrogen-bond donors (Lipinski definition) is 2. The van der Waals surface area contributed by atoms with E-state index >= 15 is 0 Å². The molecule has 2 atom stereocenters. The Labute approximate surface area is 72.9 Å². The Morgan fingerprint density at radius 1 is 1.54 bits per heavy atom. The lowest BCUT2D eigenvalue weighted by Crippen LogP contribution is -2.46. The van der Waals surface area contributed by atoms with Gasteiger partial charge in [-0.15, -0.1) is 0 Å². The molecule has 0 radical (unpaired) electrons. The Bertz CT molecular complexity index is 198. The minimum absolute atomic E-state index is 0.406. The molecule has 0 saturated carbocycles. The van der Waals surface area contributed by atoms with Gasteiger partial charge >= 0.3 is 6.18 Å². The van der Waals surface area contributed by atoms with Crippen LogP contribution in [0.25, 0.3) is 0 Å². The first-order valence-electron chi connectivity index (χ1n) is 3.95. The molecular formula is C7H10F3NO2. The Balaban J connectivity index is 2.56. The lowest BCUT2D eigenvalue weighted by atomic mass is 10.1. The highest BCUT2D eigenvalue weighted by Gasteiger charge is 2.45. The Morgan fingerprint density at radius 2 is 2.15 bits per heavy atom. The van der Waals surface area contributed by atoms with E-state index in [2.05, 4.69) is 5.32 Å². The van der Waals surface area contributed by atoms with E-state index in [9.17, 15) is 18.0 Å². The van der Waals surface area contributed by atoms with Crippen molar-refractivity contribution >= 4 is 5.78 Å². The van der Waals surface area contributed by atoms with Crippen LogP contribution in [0.15, 0.2) is 0 Å².